The minimum atomic E-state index is -4.17. The molecule has 0 rings (SSSR count). The van der Waals surface area contributed by atoms with E-state index in [0.717, 1.165) is 0 Å². The quantitative estimate of drug-likeness (QED) is 0.353. The monoisotopic (exact) mass is 255 g/mol. The van der Waals surface area contributed by atoms with Gasteiger partial charge in [-0.1, -0.05) is 0 Å². The van der Waals surface area contributed by atoms with Gasteiger partial charge in [-0.3, -0.25) is 9.42 Å². The second-order valence-corrected chi connectivity index (χ2v) is 3.74. The third-order valence-electron chi connectivity index (χ3n) is 1.04. The first-order chi connectivity index (χ1) is 5.70. The van der Waals surface area contributed by atoms with Gasteiger partial charge in [-0.2, -0.15) is 0 Å². The first-order valence-electron chi connectivity index (χ1n) is 3.75. The number of aliphatic hydroxyl groups is 1. The first-order valence-corrected chi connectivity index (χ1v) is 5.28. The molecule has 6 nitrogen and oxygen atoms in total. The Morgan fingerprint density at radius 3 is 1.71 bits per heavy atom. The van der Waals surface area contributed by atoms with Crippen LogP contribution in [0.25, 0.3) is 0 Å². The number of phosphoric ester groups is 1. The molecule has 0 bridgehead atoms. The molecule has 0 spiro atoms. The summed E-state index contributed by atoms with van der Waals surface area (Å²) in [4.78, 5) is 17.5. The molecule has 1 unspecified atom stereocenters. The Bertz CT molecular complexity index is 154. The van der Waals surface area contributed by atoms with Crippen LogP contribution in [0.1, 0.15) is 13.8 Å². The fraction of sp³-hybridized carbons (Fsp3) is 1.00. The van der Waals surface area contributed by atoms with E-state index >= 15 is 0 Å². The number of hydrogen-bond donors (Lipinski definition) is 3. The Balaban J connectivity index is -0.000000163. The number of rotatable bonds is 3. The average Bonchev–Trinajstić information content (AvgIpc) is 1.85. The van der Waals surface area contributed by atoms with Crippen LogP contribution in [-0.2, 0) is 9.09 Å². The van der Waals surface area contributed by atoms with E-state index in [1.54, 1.807) is 11.8 Å². The first kappa shape index (κ1) is 21.0. The van der Waals surface area contributed by atoms with E-state index in [4.69, 9.17) is 14.9 Å². The zero-order valence-electron chi connectivity index (χ0n) is 8.34. The molecule has 0 saturated heterocycles. The van der Waals surface area contributed by atoms with Crippen LogP contribution in [0.3, 0.4) is 0 Å². The molecule has 0 aliphatic heterocycles. The van der Waals surface area contributed by atoms with Crippen LogP contribution in [0.15, 0.2) is 0 Å². The van der Waals surface area contributed by atoms with Gasteiger partial charge in [0.25, 0.3) is 0 Å². The van der Waals surface area contributed by atoms with Gasteiger partial charge in [-0.25, -0.2) is 4.57 Å². The van der Waals surface area contributed by atoms with Crippen molar-refractivity contribution in [2.75, 3.05) is 20.7 Å². The third-order valence-corrected chi connectivity index (χ3v) is 1.64. The summed E-state index contributed by atoms with van der Waals surface area (Å²) in [5.41, 5.74) is 0. The van der Waals surface area contributed by atoms with Crippen LogP contribution in [0.5, 0.6) is 0 Å². The Labute approximate surface area is 127 Å². The molecule has 0 radical (unpaired) electrons. The van der Waals surface area contributed by atoms with E-state index in [1.165, 1.54) is 6.92 Å². The zero-order valence-corrected chi connectivity index (χ0v) is 9.23. The van der Waals surface area contributed by atoms with Crippen LogP contribution in [-0.4, -0.2) is 98.1 Å². The summed E-state index contributed by atoms with van der Waals surface area (Å²) in [5.74, 6) is 0. The van der Waals surface area contributed by atoms with E-state index in [2.05, 4.69) is 4.52 Å². The minimum absolute atomic E-state index is 0. The Kier molecular flexibility index (Phi) is 16.7. The van der Waals surface area contributed by atoms with Gasteiger partial charge in [-0.05, 0) is 27.9 Å². The molecule has 0 aromatic heterocycles. The topological polar surface area (TPSA) is 90.2 Å². The summed E-state index contributed by atoms with van der Waals surface area (Å²) < 4.78 is 13.6. The molecule has 0 aromatic carbocycles. The summed E-state index contributed by atoms with van der Waals surface area (Å²) in [7, 11) is -0.518. The summed E-state index contributed by atoms with van der Waals surface area (Å²) in [6, 6.07) is 0. The van der Waals surface area contributed by atoms with Crippen molar-refractivity contribution in [3.05, 3.63) is 0 Å². The van der Waals surface area contributed by atoms with Crippen LogP contribution >= 0.6 is 7.82 Å². The fourth-order valence-corrected chi connectivity index (χ4v) is 0.505. The molecule has 0 aromatic rings. The van der Waals surface area contributed by atoms with Crippen molar-refractivity contribution in [2.45, 2.75) is 20.1 Å². The van der Waals surface area contributed by atoms with Gasteiger partial charge in [0.05, 0.1) is 6.61 Å². The normalized spacial score (nSPS) is 12.6. The van der Waals surface area contributed by atoms with E-state index in [-0.39, 0.29) is 64.2 Å². The Morgan fingerprint density at radius 2 is 1.71 bits per heavy atom. The van der Waals surface area contributed by atoms with E-state index in [0.29, 0.717) is 0 Å². The maximum absolute atomic E-state index is 9.70. The Hall–Kier alpha value is 1.67. The number of aliphatic hydroxyl groups excluding tert-OH is 1. The van der Waals surface area contributed by atoms with Crippen molar-refractivity contribution >= 4 is 59.2 Å². The van der Waals surface area contributed by atoms with Gasteiger partial charge in [0.15, 0.2) is 0 Å². The molecule has 0 aliphatic carbocycles. The van der Waals surface area contributed by atoms with Crippen molar-refractivity contribution in [2.24, 2.45) is 0 Å². The molecule has 0 heterocycles. The predicted octanol–water partition coefficient (Wildman–Crippen LogP) is -0.647. The van der Waals surface area contributed by atoms with Crippen molar-refractivity contribution in [1.29, 1.82) is 0 Å². The molecular weight excluding hydrogens is 236 g/mol. The molecule has 84 valence electrons. The molecule has 0 saturated carbocycles. The second-order valence-electron chi connectivity index (χ2n) is 2.50. The zero-order chi connectivity index (χ0) is 11.1. The van der Waals surface area contributed by atoms with Crippen LogP contribution in [0, 0.1) is 0 Å². The van der Waals surface area contributed by atoms with E-state index in [9.17, 15) is 4.57 Å². The summed E-state index contributed by atoms with van der Waals surface area (Å²) >= 11 is 0. The van der Waals surface area contributed by atoms with Crippen LogP contribution in [0.4, 0.5) is 0 Å². The van der Waals surface area contributed by atoms with Gasteiger partial charge in [0, 0.05) is 0 Å². The van der Waals surface area contributed by atoms with Gasteiger partial charge in [0.1, 0.15) is 6.23 Å². The Morgan fingerprint density at radius 1 is 1.43 bits per heavy atom. The maximum atomic E-state index is 9.70. The third kappa shape index (κ3) is 23.5. The molecule has 0 aliphatic rings. The molecular formula is C6H19KNO5P. The summed E-state index contributed by atoms with van der Waals surface area (Å²) in [5, 5.41) is 8.56. The van der Waals surface area contributed by atoms with E-state index in [1.807, 2.05) is 14.1 Å². The SMILES string of the molecule is CC(O)N(C)C.CCOP(=O)(O)O.[KH]. The average molecular weight is 255 g/mol. The van der Waals surface area contributed by atoms with Gasteiger partial charge in [0.2, 0.25) is 0 Å². The number of hydrogen-bond acceptors (Lipinski definition) is 4. The van der Waals surface area contributed by atoms with Gasteiger partial charge in [-0.15, -0.1) is 0 Å². The van der Waals surface area contributed by atoms with Gasteiger partial charge >= 0.3 is 59.2 Å². The molecule has 14 heavy (non-hydrogen) atoms. The summed E-state index contributed by atoms with van der Waals surface area (Å²) in [6.07, 6.45) is -0.315. The molecule has 0 fully saturated rings. The molecule has 8 heteroatoms. The molecule has 1 atom stereocenters. The molecule has 3 N–H and O–H groups in total. The van der Waals surface area contributed by atoms with Crippen molar-refractivity contribution < 1.29 is 24.0 Å². The van der Waals surface area contributed by atoms with Crippen molar-refractivity contribution in [3.8, 4) is 0 Å². The van der Waals surface area contributed by atoms with Crippen LogP contribution < -0.4 is 0 Å². The molecule has 0 amide bonds. The van der Waals surface area contributed by atoms with Gasteiger partial charge < -0.3 is 14.9 Å². The predicted molar refractivity (Wildman–Crippen MR) is 56.2 cm³/mol. The second kappa shape index (κ2) is 11.2. The summed E-state index contributed by atoms with van der Waals surface area (Å²) in [6.45, 7) is 3.28. The van der Waals surface area contributed by atoms with Crippen LogP contribution in [0.2, 0.25) is 0 Å². The number of phosphoric acid groups is 1. The number of nitrogens with zero attached hydrogens (tertiary/aromatic N) is 1. The van der Waals surface area contributed by atoms with E-state index < -0.39 is 7.82 Å². The standard InChI is InChI=1S/C4H11NO.C2H7O4P.K.H/c1-4(6)5(2)3;1-2-6-7(3,4)5;;/h4,6H,1-3H3;2H2,1H3,(H2,3,4,5);;. The fourth-order valence-electron chi connectivity index (χ4n) is 0.168. The van der Waals surface area contributed by atoms with Crippen molar-refractivity contribution in [3.63, 3.8) is 0 Å². The van der Waals surface area contributed by atoms with Crippen molar-refractivity contribution in [1.82, 2.24) is 4.90 Å².